The smallest absolute Gasteiger partial charge is 0.137 e. The molecule has 1 aromatic carbocycles. The molecule has 4 nitrogen and oxygen atoms in total. The lowest BCUT2D eigenvalue weighted by Crippen LogP contribution is -2.30. The van der Waals surface area contributed by atoms with Crippen LogP contribution in [0.5, 0.6) is 0 Å². The third-order valence-electron chi connectivity index (χ3n) is 3.27. The van der Waals surface area contributed by atoms with Crippen LogP contribution in [0.4, 0.5) is 4.39 Å². The lowest BCUT2D eigenvalue weighted by atomic mass is 10.00. The highest BCUT2D eigenvalue weighted by Crippen LogP contribution is 2.23. The largest absolute Gasteiger partial charge is 0.273 e. The number of hydrazine groups is 1. The summed E-state index contributed by atoms with van der Waals surface area (Å²) in [5.41, 5.74) is 5.90. The number of halogens is 2. The van der Waals surface area contributed by atoms with Gasteiger partial charge in [0, 0.05) is 18.3 Å². The van der Waals surface area contributed by atoms with Crippen molar-refractivity contribution < 1.29 is 4.39 Å². The predicted molar refractivity (Wildman–Crippen MR) is 75.8 cm³/mol. The summed E-state index contributed by atoms with van der Waals surface area (Å²) in [6.45, 7) is 1.99. The maximum absolute atomic E-state index is 13.2. The highest BCUT2D eigenvalue weighted by atomic mass is 79.9. The van der Waals surface area contributed by atoms with Gasteiger partial charge in [-0.1, -0.05) is 6.07 Å². The van der Waals surface area contributed by atoms with E-state index in [9.17, 15) is 4.39 Å². The normalized spacial score (nSPS) is 12.7. The van der Waals surface area contributed by atoms with Gasteiger partial charge in [0.2, 0.25) is 0 Å². The van der Waals surface area contributed by atoms with Crippen LogP contribution in [-0.2, 0) is 13.5 Å². The second-order valence-electron chi connectivity index (χ2n) is 4.48. The number of nitrogens with zero attached hydrogens (tertiary/aromatic N) is 2. The fourth-order valence-electron chi connectivity index (χ4n) is 2.02. The Kier molecular flexibility index (Phi) is 4.34. The van der Waals surface area contributed by atoms with Crippen molar-refractivity contribution in [2.75, 3.05) is 0 Å². The van der Waals surface area contributed by atoms with Gasteiger partial charge >= 0.3 is 0 Å². The van der Waals surface area contributed by atoms with Gasteiger partial charge in [-0.15, -0.1) is 0 Å². The molecule has 1 heterocycles. The number of hydrogen-bond donors (Lipinski definition) is 2. The first-order valence-electron chi connectivity index (χ1n) is 5.91. The maximum Gasteiger partial charge on any atom is 0.137 e. The minimum atomic E-state index is -0.265. The van der Waals surface area contributed by atoms with E-state index in [1.807, 2.05) is 14.0 Å². The van der Waals surface area contributed by atoms with Gasteiger partial charge in [-0.3, -0.25) is 16.0 Å². The van der Waals surface area contributed by atoms with Gasteiger partial charge in [0.15, 0.2) is 0 Å². The third-order valence-corrected chi connectivity index (χ3v) is 3.88. The molecule has 0 aliphatic rings. The molecule has 3 N–H and O–H groups in total. The number of rotatable bonds is 4. The Bertz CT molecular complexity index is 582. The zero-order valence-electron chi connectivity index (χ0n) is 10.8. The Morgan fingerprint density at radius 3 is 2.79 bits per heavy atom. The molecule has 2 rings (SSSR count). The highest BCUT2D eigenvalue weighted by Gasteiger charge is 2.16. The molecule has 1 atom stereocenters. The van der Waals surface area contributed by atoms with Crippen LogP contribution in [0, 0.1) is 12.7 Å². The van der Waals surface area contributed by atoms with Crippen LogP contribution >= 0.6 is 15.9 Å². The van der Waals surface area contributed by atoms with Crippen molar-refractivity contribution in [1.29, 1.82) is 0 Å². The van der Waals surface area contributed by atoms with Crippen LogP contribution in [-0.4, -0.2) is 9.78 Å². The van der Waals surface area contributed by atoms with Gasteiger partial charge < -0.3 is 0 Å². The standard InChI is InChI=1S/C13H16BrFN4/c1-8-10(7-17-19(8)2)13(18-16)6-9-3-4-12(15)11(14)5-9/h3-5,7,13,18H,6,16H2,1-2H3. The molecular formula is C13H16BrFN4. The minimum absolute atomic E-state index is 0.0499. The molecule has 6 heteroatoms. The van der Waals surface area contributed by atoms with E-state index in [1.165, 1.54) is 6.07 Å². The van der Waals surface area contributed by atoms with E-state index in [1.54, 1.807) is 23.0 Å². The van der Waals surface area contributed by atoms with Crippen LogP contribution in [0.3, 0.4) is 0 Å². The number of hydrogen-bond acceptors (Lipinski definition) is 3. The molecule has 0 fully saturated rings. The number of benzene rings is 1. The van der Waals surface area contributed by atoms with Crippen LogP contribution in [0.2, 0.25) is 0 Å². The molecule has 1 aromatic heterocycles. The molecule has 0 aliphatic heterocycles. The molecule has 2 aromatic rings. The third kappa shape index (κ3) is 3.02. The first-order chi connectivity index (χ1) is 9.02. The number of aryl methyl sites for hydroxylation is 1. The van der Waals surface area contributed by atoms with Gasteiger partial charge in [-0.05, 0) is 47.0 Å². The van der Waals surface area contributed by atoms with E-state index >= 15 is 0 Å². The van der Waals surface area contributed by atoms with E-state index in [4.69, 9.17) is 5.84 Å². The molecule has 0 saturated carbocycles. The Hall–Kier alpha value is -1.24. The van der Waals surface area contributed by atoms with Crippen molar-refractivity contribution in [3.8, 4) is 0 Å². The van der Waals surface area contributed by atoms with Crippen LogP contribution in [0.1, 0.15) is 22.9 Å². The molecule has 1 unspecified atom stereocenters. The van der Waals surface area contributed by atoms with Gasteiger partial charge in [-0.2, -0.15) is 5.10 Å². The predicted octanol–water partition coefficient (Wildman–Crippen LogP) is 2.38. The summed E-state index contributed by atoms with van der Waals surface area (Å²) in [5.74, 6) is 5.36. The zero-order valence-corrected chi connectivity index (χ0v) is 12.4. The lowest BCUT2D eigenvalue weighted by molar-refractivity contribution is 0.546. The summed E-state index contributed by atoms with van der Waals surface area (Å²) in [6, 6.07) is 4.93. The first kappa shape index (κ1) is 14.2. The van der Waals surface area contributed by atoms with Crippen molar-refractivity contribution in [3.05, 3.63) is 51.5 Å². The topological polar surface area (TPSA) is 55.9 Å². The summed E-state index contributed by atoms with van der Waals surface area (Å²) in [6.07, 6.45) is 2.47. The van der Waals surface area contributed by atoms with Gasteiger partial charge in [-0.25, -0.2) is 4.39 Å². The second kappa shape index (κ2) is 5.81. The van der Waals surface area contributed by atoms with Gasteiger partial charge in [0.25, 0.3) is 0 Å². The van der Waals surface area contributed by atoms with Gasteiger partial charge in [0.05, 0.1) is 16.7 Å². The number of nitrogens with one attached hydrogen (secondary N) is 1. The Labute approximate surface area is 119 Å². The Morgan fingerprint density at radius 1 is 1.53 bits per heavy atom. The van der Waals surface area contributed by atoms with Crippen LogP contribution in [0.15, 0.2) is 28.9 Å². The van der Waals surface area contributed by atoms with Crippen molar-refractivity contribution >= 4 is 15.9 Å². The van der Waals surface area contributed by atoms with E-state index < -0.39 is 0 Å². The summed E-state index contributed by atoms with van der Waals surface area (Å²) in [5, 5.41) is 4.21. The fraction of sp³-hybridized carbons (Fsp3) is 0.308. The monoisotopic (exact) mass is 326 g/mol. The zero-order chi connectivity index (χ0) is 14.0. The molecule has 0 bridgehead atoms. The highest BCUT2D eigenvalue weighted by molar-refractivity contribution is 9.10. The fourth-order valence-corrected chi connectivity index (χ4v) is 2.44. The lowest BCUT2D eigenvalue weighted by Gasteiger charge is -2.16. The van der Waals surface area contributed by atoms with Crippen molar-refractivity contribution in [2.24, 2.45) is 12.9 Å². The average molecular weight is 327 g/mol. The second-order valence-corrected chi connectivity index (χ2v) is 5.34. The summed E-state index contributed by atoms with van der Waals surface area (Å²) in [7, 11) is 1.89. The molecule has 0 radical (unpaired) electrons. The van der Waals surface area contributed by atoms with E-state index in [2.05, 4.69) is 26.5 Å². The van der Waals surface area contributed by atoms with E-state index in [0.717, 1.165) is 16.8 Å². The summed E-state index contributed by atoms with van der Waals surface area (Å²) >= 11 is 3.19. The summed E-state index contributed by atoms with van der Waals surface area (Å²) in [4.78, 5) is 0. The van der Waals surface area contributed by atoms with E-state index in [-0.39, 0.29) is 11.9 Å². The minimum Gasteiger partial charge on any atom is -0.273 e. The number of nitrogens with two attached hydrogens (primary N) is 1. The first-order valence-corrected chi connectivity index (χ1v) is 6.70. The number of aromatic nitrogens is 2. The average Bonchev–Trinajstić information content (AvgIpc) is 2.72. The SMILES string of the molecule is Cc1c(C(Cc2ccc(F)c(Br)c2)NN)cnn1C. The molecule has 0 aliphatic carbocycles. The Morgan fingerprint density at radius 2 is 2.26 bits per heavy atom. The van der Waals surface area contributed by atoms with Crippen LogP contribution in [0.25, 0.3) is 0 Å². The summed E-state index contributed by atoms with van der Waals surface area (Å²) < 4.78 is 15.5. The van der Waals surface area contributed by atoms with Crippen LogP contribution < -0.4 is 11.3 Å². The van der Waals surface area contributed by atoms with Gasteiger partial charge in [0.1, 0.15) is 5.82 Å². The quantitative estimate of drug-likeness (QED) is 0.670. The molecule has 0 saturated heterocycles. The molecule has 102 valence electrons. The molecular weight excluding hydrogens is 311 g/mol. The maximum atomic E-state index is 13.2. The van der Waals surface area contributed by atoms with Crippen molar-refractivity contribution in [2.45, 2.75) is 19.4 Å². The van der Waals surface area contributed by atoms with E-state index in [0.29, 0.717) is 10.9 Å². The molecule has 0 spiro atoms. The molecule has 19 heavy (non-hydrogen) atoms. The molecule has 0 amide bonds. The Balaban J connectivity index is 2.24. The van der Waals surface area contributed by atoms with Crippen molar-refractivity contribution in [3.63, 3.8) is 0 Å². The van der Waals surface area contributed by atoms with Crippen molar-refractivity contribution in [1.82, 2.24) is 15.2 Å².